The summed E-state index contributed by atoms with van der Waals surface area (Å²) >= 11 is 1.59. The van der Waals surface area contributed by atoms with Crippen LogP contribution < -0.4 is 21.1 Å². The fourth-order valence-corrected chi connectivity index (χ4v) is 7.25. The number of carbonyl (C=O) groups is 3. The average Bonchev–Trinajstić information content (AvgIpc) is 3.29. The molecule has 2 amide bonds. The number of hydrogen-bond donors (Lipinski definition) is 4. The zero-order chi connectivity index (χ0) is 27.4. The van der Waals surface area contributed by atoms with Crippen LogP contribution >= 0.6 is 11.3 Å². The fraction of sp³-hybridized carbons (Fsp3) is 0.379. The first-order valence-electron chi connectivity index (χ1n) is 13.2. The molecule has 9 nitrogen and oxygen atoms in total. The molecule has 3 heterocycles. The summed E-state index contributed by atoms with van der Waals surface area (Å²) in [4.78, 5) is 44.0. The fourth-order valence-electron chi connectivity index (χ4n) is 6.28. The number of pyridine rings is 1. The number of ether oxygens (including phenoxy) is 1. The number of nitrogens with one attached hydrogen (secondary N) is 2. The summed E-state index contributed by atoms with van der Waals surface area (Å²) in [7, 11) is 0. The molecule has 39 heavy (non-hydrogen) atoms. The summed E-state index contributed by atoms with van der Waals surface area (Å²) in [6.07, 6.45) is 4.03. The van der Waals surface area contributed by atoms with Crippen molar-refractivity contribution in [2.24, 2.45) is 11.1 Å². The zero-order valence-corrected chi connectivity index (χ0v) is 22.5. The number of hydrogen-bond acceptors (Lipinski definition) is 7. The number of carboxylic acids is 1. The van der Waals surface area contributed by atoms with E-state index in [9.17, 15) is 19.5 Å². The first kappa shape index (κ1) is 25.5. The minimum Gasteiger partial charge on any atom is -0.493 e. The highest BCUT2D eigenvalue weighted by Gasteiger charge is 2.67. The predicted molar refractivity (Wildman–Crippen MR) is 147 cm³/mol. The van der Waals surface area contributed by atoms with Crippen LogP contribution in [0.25, 0.3) is 21.6 Å². The van der Waals surface area contributed by atoms with Crippen molar-refractivity contribution in [1.29, 1.82) is 0 Å². The lowest BCUT2D eigenvalue weighted by molar-refractivity contribution is -0.139. The van der Waals surface area contributed by atoms with E-state index in [1.165, 1.54) is 6.07 Å². The van der Waals surface area contributed by atoms with Crippen LogP contribution in [-0.4, -0.2) is 53.1 Å². The number of thiophene rings is 1. The van der Waals surface area contributed by atoms with Gasteiger partial charge >= 0.3 is 5.97 Å². The Balaban J connectivity index is 1.46. The van der Waals surface area contributed by atoms with Gasteiger partial charge in [-0.3, -0.25) is 9.59 Å². The van der Waals surface area contributed by atoms with Crippen molar-refractivity contribution >= 4 is 29.1 Å². The largest absolute Gasteiger partial charge is 0.493 e. The second-order valence-electron chi connectivity index (χ2n) is 10.9. The number of amides is 2. The molecule has 3 fully saturated rings. The number of aromatic carboxylic acids is 1. The highest BCUT2D eigenvalue weighted by Crippen LogP contribution is 2.66. The Morgan fingerprint density at radius 1 is 1.10 bits per heavy atom. The molecule has 3 aliphatic carbocycles. The minimum absolute atomic E-state index is 0.00536. The number of nitrogens with two attached hydrogens (primary N) is 1. The monoisotopic (exact) mass is 546 g/mol. The van der Waals surface area contributed by atoms with Gasteiger partial charge in [0.25, 0.3) is 11.8 Å². The maximum Gasteiger partial charge on any atom is 0.355 e. The quantitative estimate of drug-likeness (QED) is 0.336. The average molecular weight is 547 g/mol. The van der Waals surface area contributed by atoms with E-state index >= 15 is 0 Å². The molecule has 3 aromatic rings. The molecule has 0 unspecified atom stereocenters. The second-order valence-corrected chi connectivity index (χ2v) is 11.8. The van der Waals surface area contributed by atoms with E-state index < -0.39 is 11.9 Å². The first-order valence-corrected chi connectivity index (χ1v) is 14.1. The number of benzene rings is 1. The van der Waals surface area contributed by atoms with E-state index in [0.717, 1.165) is 48.1 Å². The molecular weight excluding hydrogens is 516 g/mol. The third kappa shape index (κ3) is 4.28. The Bertz CT molecular complexity index is 1490. The molecular formula is C29H30N4O5S. The Morgan fingerprint density at radius 2 is 1.90 bits per heavy atom. The van der Waals surface area contributed by atoms with Crippen LogP contribution in [0.2, 0.25) is 0 Å². The van der Waals surface area contributed by atoms with Gasteiger partial charge in [-0.1, -0.05) is 6.92 Å². The van der Waals surface area contributed by atoms with Crippen LogP contribution in [0.5, 0.6) is 5.75 Å². The van der Waals surface area contributed by atoms with Gasteiger partial charge in [0, 0.05) is 45.6 Å². The molecule has 0 radical (unpaired) electrons. The molecule has 2 bridgehead atoms. The molecule has 7 rings (SSSR count). The molecule has 0 saturated heterocycles. The highest BCUT2D eigenvalue weighted by atomic mass is 32.1. The van der Waals surface area contributed by atoms with Gasteiger partial charge in [-0.25, -0.2) is 9.78 Å². The molecule has 3 saturated carbocycles. The van der Waals surface area contributed by atoms with Crippen molar-refractivity contribution in [2.45, 2.75) is 44.6 Å². The van der Waals surface area contributed by atoms with Gasteiger partial charge in [-0.15, -0.1) is 11.3 Å². The molecule has 10 heteroatoms. The lowest BCUT2D eigenvalue weighted by Gasteiger charge is -2.70. The normalized spacial score (nSPS) is 22.2. The summed E-state index contributed by atoms with van der Waals surface area (Å²) in [6.45, 7) is 3.45. The molecule has 2 aromatic heterocycles. The third-order valence-electron chi connectivity index (χ3n) is 8.09. The number of nitrogens with zero attached hydrogens (tertiary/aromatic N) is 1. The molecule has 0 atom stereocenters. The number of aromatic nitrogens is 1. The smallest absolute Gasteiger partial charge is 0.355 e. The topological polar surface area (TPSA) is 144 Å². The van der Waals surface area contributed by atoms with Gasteiger partial charge < -0.3 is 26.2 Å². The Kier molecular flexibility index (Phi) is 6.19. The Morgan fingerprint density at radius 3 is 2.62 bits per heavy atom. The van der Waals surface area contributed by atoms with Crippen LogP contribution in [0.1, 0.15) is 69.5 Å². The van der Waals surface area contributed by atoms with Crippen molar-refractivity contribution in [2.75, 3.05) is 19.7 Å². The number of carboxylic acid groups (broad SMARTS) is 1. The molecule has 4 aliphatic rings. The molecule has 1 aliphatic heterocycles. The van der Waals surface area contributed by atoms with E-state index in [1.807, 2.05) is 12.3 Å². The van der Waals surface area contributed by atoms with Gasteiger partial charge in [-0.05, 0) is 78.9 Å². The highest BCUT2D eigenvalue weighted by molar-refractivity contribution is 7.13. The SMILES string of the molecule is CCCNC(=O)c1ccc(-c2cc3c(cc2C(=O)NC24CC(CN)(C2)C4)-c2sccc2CCO3)c(C(=O)O)n1. The van der Waals surface area contributed by atoms with Gasteiger partial charge in [0.15, 0.2) is 5.69 Å². The van der Waals surface area contributed by atoms with Crippen molar-refractivity contribution in [1.82, 2.24) is 15.6 Å². The molecule has 202 valence electrons. The number of fused-ring (bicyclic) bond motifs is 3. The van der Waals surface area contributed by atoms with Gasteiger partial charge in [0.1, 0.15) is 11.4 Å². The standard InChI is InChI=1S/C29H30N4O5S/c1-2-7-31-26(35)21-4-3-17(23(32-21)27(36)37)18-11-22-20(24-16(5-8-38-22)6-9-39-24)10-19(18)25(34)33-29-12-28(13-29,14-29)15-30/h3-4,6,9-11H,2,5,7-8,12-15,30H2,1H3,(H,31,35)(H,33,34)(H,36,37). The minimum atomic E-state index is -1.29. The maximum absolute atomic E-state index is 13.8. The van der Waals surface area contributed by atoms with Crippen molar-refractivity contribution in [3.63, 3.8) is 0 Å². The first-order chi connectivity index (χ1) is 18.8. The van der Waals surface area contributed by atoms with E-state index in [-0.39, 0.29) is 33.8 Å². The van der Waals surface area contributed by atoms with E-state index in [0.29, 0.717) is 36.6 Å². The zero-order valence-electron chi connectivity index (χ0n) is 21.6. The molecule has 1 aromatic carbocycles. The van der Waals surface area contributed by atoms with E-state index in [4.69, 9.17) is 10.5 Å². The van der Waals surface area contributed by atoms with Gasteiger partial charge in [-0.2, -0.15) is 0 Å². The summed E-state index contributed by atoms with van der Waals surface area (Å²) in [5, 5.41) is 18.1. The Labute approximate surface area is 229 Å². The van der Waals surface area contributed by atoms with Crippen LogP contribution in [0.3, 0.4) is 0 Å². The summed E-state index contributed by atoms with van der Waals surface area (Å²) in [5.41, 5.74) is 8.45. The van der Waals surface area contributed by atoms with E-state index in [2.05, 4.69) is 21.7 Å². The second kappa shape index (κ2) is 9.46. The van der Waals surface area contributed by atoms with Crippen molar-refractivity contribution in [3.05, 3.63) is 58.2 Å². The van der Waals surface area contributed by atoms with Crippen LogP contribution in [0.15, 0.2) is 35.7 Å². The molecule has 5 N–H and O–H groups in total. The molecule has 0 spiro atoms. The maximum atomic E-state index is 13.8. The number of rotatable bonds is 8. The van der Waals surface area contributed by atoms with Crippen LogP contribution in [0, 0.1) is 5.41 Å². The summed E-state index contributed by atoms with van der Waals surface area (Å²) in [5.74, 6) is -1.43. The van der Waals surface area contributed by atoms with Gasteiger partial charge in [0.05, 0.1) is 6.61 Å². The summed E-state index contributed by atoms with van der Waals surface area (Å²) in [6, 6.07) is 8.65. The predicted octanol–water partition coefficient (Wildman–Crippen LogP) is 3.86. The van der Waals surface area contributed by atoms with Crippen molar-refractivity contribution < 1.29 is 24.2 Å². The lowest BCUT2D eigenvalue weighted by atomic mass is 9.39. The van der Waals surface area contributed by atoms with E-state index in [1.54, 1.807) is 29.5 Å². The number of carbonyl (C=O) groups excluding carboxylic acids is 2. The lowest BCUT2D eigenvalue weighted by Crippen LogP contribution is -2.76. The Hall–Kier alpha value is -3.76. The van der Waals surface area contributed by atoms with Crippen LogP contribution in [-0.2, 0) is 6.42 Å². The van der Waals surface area contributed by atoms with Crippen molar-refractivity contribution in [3.8, 4) is 27.3 Å². The van der Waals surface area contributed by atoms with Crippen LogP contribution in [0.4, 0.5) is 0 Å². The third-order valence-corrected chi connectivity index (χ3v) is 9.08. The van der Waals surface area contributed by atoms with Gasteiger partial charge in [0.2, 0.25) is 0 Å². The summed E-state index contributed by atoms with van der Waals surface area (Å²) < 4.78 is 6.09.